The third kappa shape index (κ3) is 3.64. The molecule has 0 atom stereocenters. The summed E-state index contributed by atoms with van der Waals surface area (Å²) in [6.07, 6.45) is 2.09. The summed E-state index contributed by atoms with van der Waals surface area (Å²) in [5, 5.41) is 4.50. The van der Waals surface area contributed by atoms with Gasteiger partial charge < -0.3 is 10.1 Å². The molecule has 0 saturated heterocycles. The third-order valence-electron chi connectivity index (χ3n) is 2.68. The Morgan fingerprint density at radius 1 is 1.26 bits per heavy atom. The van der Waals surface area contributed by atoms with E-state index in [1.165, 1.54) is 4.88 Å². The van der Waals surface area contributed by atoms with Crippen LogP contribution >= 0.6 is 11.3 Å². The SMILES string of the molecule is CCCNc1nc(COCCC)nc2sc(C)cc12. The Labute approximate surface area is 118 Å². The molecule has 5 heteroatoms. The predicted octanol–water partition coefficient (Wildman–Crippen LogP) is 3.75. The van der Waals surface area contributed by atoms with Crippen LogP contribution in [-0.2, 0) is 11.3 Å². The molecule has 0 radical (unpaired) electrons. The lowest BCUT2D eigenvalue weighted by Crippen LogP contribution is -2.06. The highest BCUT2D eigenvalue weighted by atomic mass is 32.1. The second-order valence-electron chi connectivity index (χ2n) is 4.54. The van der Waals surface area contributed by atoms with E-state index in [1.807, 2.05) is 0 Å². The molecule has 0 fully saturated rings. The van der Waals surface area contributed by atoms with Crippen LogP contribution in [0.15, 0.2) is 6.07 Å². The molecule has 2 heterocycles. The number of nitrogens with zero attached hydrogens (tertiary/aromatic N) is 2. The minimum Gasteiger partial charge on any atom is -0.373 e. The molecule has 4 nitrogen and oxygen atoms in total. The first kappa shape index (κ1) is 14.2. The number of hydrogen-bond donors (Lipinski definition) is 1. The molecule has 0 saturated carbocycles. The molecule has 1 N–H and O–H groups in total. The lowest BCUT2D eigenvalue weighted by atomic mass is 10.3. The average Bonchev–Trinajstić information content (AvgIpc) is 2.76. The van der Waals surface area contributed by atoms with E-state index in [2.05, 4.69) is 42.1 Å². The Hall–Kier alpha value is -1.20. The van der Waals surface area contributed by atoms with Gasteiger partial charge in [0, 0.05) is 18.0 Å². The summed E-state index contributed by atoms with van der Waals surface area (Å²) in [6.45, 7) is 8.51. The van der Waals surface area contributed by atoms with Crippen molar-refractivity contribution in [2.24, 2.45) is 0 Å². The fourth-order valence-electron chi connectivity index (χ4n) is 1.84. The number of hydrogen-bond acceptors (Lipinski definition) is 5. The van der Waals surface area contributed by atoms with E-state index in [0.29, 0.717) is 6.61 Å². The van der Waals surface area contributed by atoms with E-state index in [9.17, 15) is 0 Å². The van der Waals surface area contributed by atoms with Crippen LogP contribution in [-0.4, -0.2) is 23.1 Å². The van der Waals surface area contributed by atoms with Crippen LogP contribution in [0.25, 0.3) is 10.2 Å². The molecule has 2 aromatic heterocycles. The van der Waals surface area contributed by atoms with Crippen LogP contribution < -0.4 is 5.32 Å². The molecular formula is C14H21N3OS. The maximum Gasteiger partial charge on any atom is 0.158 e. The number of thiophene rings is 1. The standard InChI is InChI=1S/C14H21N3OS/c1-4-6-15-13-11-8-10(3)19-14(11)17-12(16-13)9-18-7-5-2/h8H,4-7,9H2,1-3H3,(H,15,16,17). The number of nitrogens with one attached hydrogen (secondary N) is 1. The second-order valence-corrected chi connectivity index (χ2v) is 5.78. The van der Waals surface area contributed by atoms with Crippen LogP contribution in [0.4, 0.5) is 5.82 Å². The van der Waals surface area contributed by atoms with Gasteiger partial charge in [0.25, 0.3) is 0 Å². The van der Waals surface area contributed by atoms with Crippen LogP contribution in [0, 0.1) is 6.92 Å². The number of ether oxygens (including phenoxy) is 1. The molecule has 2 rings (SSSR count). The fourth-order valence-corrected chi connectivity index (χ4v) is 2.73. The summed E-state index contributed by atoms with van der Waals surface area (Å²) in [6, 6.07) is 2.15. The molecule has 19 heavy (non-hydrogen) atoms. The zero-order valence-corrected chi connectivity index (χ0v) is 12.6. The number of aromatic nitrogens is 2. The molecule has 0 bridgehead atoms. The quantitative estimate of drug-likeness (QED) is 0.784. The highest BCUT2D eigenvalue weighted by molar-refractivity contribution is 7.18. The van der Waals surface area contributed by atoms with Crippen molar-refractivity contribution in [3.05, 3.63) is 16.8 Å². The predicted molar refractivity (Wildman–Crippen MR) is 80.9 cm³/mol. The van der Waals surface area contributed by atoms with Gasteiger partial charge in [0.2, 0.25) is 0 Å². The van der Waals surface area contributed by atoms with E-state index >= 15 is 0 Å². The maximum atomic E-state index is 5.54. The van der Waals surface area contributed by atoms with Crippen LogP contribution in [0.3, 0.4) is 0 Å². The fraction of sp³-hybridized carbons (Fsp3) is 0.571. The van der Waals surface area contributed by atoms with E-state index in [-0.39, 0.29) is 0 Å². The molecular weight excluding hydrogens is 258 g/mol. The van der Waals surface area contributed by atoms with E-state index in [1.54, 1.807) is 11.3 Å². The van der Waals surface area contributed by atoms with Gasteiger partial charge in [-0.15, -0.1) is 11.3 Å². The molecule has 0 aromatic carbocycles. The summed E-state index contributed by atoms with van der Waals surface area (Å²) in [5.41, 5.74) is 0. The van der Waals surface area contributed by atoms with Gasteiger partial charge in [-0.3, -0.25) is 0 Å². The molecule has 0 aliphatic carbocycles. The summed E-state index contributed by atoms with van der Waals surface area (Å²) >= 11 is 1.71. The van der Waals surface area contributed by atoms with Crippen molar-refractivity contribution in [2.75, 3.05) is 18.5 Å². The summed E-state index contributed by atoms with van der Waals surface area (Å²) in [4.78, 5) is 11.5. The third-order valence-corrected chi connectivity index (χ3v) is 3.63. The van der Waals surface area contributed by atoms with Crippen molar-refractivity contribution < 1.29 is 4.74 Å². The summed E-state index contributed by atoms with van der Waals surface area (Å²) in [7, 11) is 0. The summed E-state index contributed by atoms with van der Waals surface area (Å²) in [5.74, 6) is 1.70. The van der Waals surface area contributed by atoms with Crippen molar-refractivity contribution in [3.8, 4) is 0 Å². The average molecular weight is 279 g/mol. The Balaban J connectivity index is 2.27. The Morgan fingerprint density at radius 3 is 2.84 bits per heavy atom. The largest absolute Gasteiger partial charge is 0.373 e. The van der Waals surface area contributed by atoms with E-state index in [4.69, 9.17) is 4.74 Å². The zero-order chi connectivity index (χ0) is 13.7. The number of aryl methyl sites for hydroxylation is 1. The Bertz CT molecular complexity index is 539. The Morgan fingerprint density at radius 2 is 2.11 bits per heavy atom. The minimum absolute atomic E-state index is 0.488. The monoisotopic (exact) mass is 279 g/mol. The van der Waals surface area contributed by atoms with Crippen molar-refractivity contribution in [3.63, 3.8) is 0 Å². The molecule has 2 aromatic rings. The van der Waals surface area contributed by atoms with Crippen molar-refractivity contribution in [1.82, 2.24) is 9.97 Å². The van der Waals surface area contributed by atoms with E-state index in [0.717, 1.165) is 47.9 Å². The number of rotatable bonds is 7. The lowest BCUT2D eigenvalue weighted by molar-refractivity contribution is 0.116. The maximum absolute atomic E-state index is 5.54. The second kappa shape index (κ2) is 6.82. The van der Waals surface area contributed by atoms with Gasteiger partial charge in [0.05, 0.1) is 5.39 Å². The molecule has 0 aliphatic heterocycles. The highest BCUT2D eigenvalue weighted by Gasteiger charge is 2.10. The van der Waals surface area contributed by atoms with E-state index < -0.39 is 0 Å². The van der Waals surface area contributed by atoms with Crippen molar-refractivity contribution in [1.29, 1.82) is 0 Å². The lowest BCUT2D eigenvalue weighted by Gasteiger charge is -2.08. The van der Waals surface area contributed by atoms with Gasteiger partial charge >= 0.3 is 0 Å². The molecule has 0 aliphatic rings. The normalized spacial score (nSPS) is 11.1. The first-order valence-electron chi connectivity index (χ1n) is 6.83. The van der Waals surface area contributed by atoms with Gasteiger partial charge in [-0.1, -0.05) is 13.8 Å². The number of fused-ring (bicyclic) bond motifs is 1. The van der Waals surface area contributed by atoms with Gasteiger partial charge in [-0.25, -0.2) is 9.97 Å². The van der Waals surface area contributed by atoms with Gasteiger partial charge in [-0.2, -0.15) is 0 Å². The smallest absolute Gasteiger partial charge is 0.158 e. The topological polar surface area (TPSA) is 47.0 Å². The number of anilines is 1. The van der Waals surface area contributed by atoms with Crippen molar-refractivity contribution >= 4 is 27.4 Å². The molecule has 0 amide bonds. The van der Waals surface area contributed by atoms with Crippen LogP contribution in [0.2, 0.25) is 0 Å². The minimum atomic E-state index is 0.488. The van der Waals surface area contributed by atoms with Crippen molar-refractivity contribution in [2.45, 2.75) is 40.2 Å². The van der Waals surface area contributed by atoms with Gasteiger partial charge in [0.1, 0.15) is 17.3 Å². The molecule has 0 spiro atoms. The van der Waals surface area contributed by atoms with Gasteiger partial charge in [0.15, 0.2) is 5.82 Å². The molecule has 104 valence electrons. The zero-order valence-electron chi connectivity index (χ0n) is 11.8. The highest BCUT2D eigenvalue weighted by Crippen LogP contribution is 2.28. The van der Waals surface area contributed by atoms with Gasteiger partial charge in [-0.05, 0) is 25.8 Å². The Kier molecular flexibility index (Phi) is 5.10. The first-order valence-corrected chi connectivity index (χ1v) is 7.65. The van der Waals surface area contributed by atoms with Crippen LogP contribution in [0.1, 0.15) is 37.4 Å². The van der Waals surface area contributed by atoms with Crippen LogP contribution in [0.5, 0.6) is 0 Å². The summed E-state index contributed by atoms with van der Waals surface area (Å²) < 4.78 is 5.54. The first-order chi connectivity index (χ1) is 9.24. The molecule has 0 unspecified atom stereocenters.